The minimum atomic E-state index is -1.34. The summed E-state index contributed by atoms with van der Waals surface area (Å²) in [6.45, 7) is 0.379. The molecule has 0 amide bonds. The lowest BCUT2D eigenvalue weighted by atomic mass is 10.1. The van der Waals surface area contributed by atoms with Gasteiger partial charge in [-0.15, -0.1) is 16.5 Å². The molecule has 0 aliphatic carbocycles. The van der Waals surface area contributed by atoms with Crippen LogP contribution >= 0.6 is 23.1 Å². The molecule has 1 aliphatic rings. The Labute approximate surface area is 107 Å². The Kier molecular flexibility index (Phi) is 3.58. The van der Waals surface area contributed by atoms with Crippen LogP contribution < -0.4 is 0 Å². The Balaban J connectivity index is 2.19. The first kappa shape index (κ1) is 12.3. The van der Waals surface area contributed by atoms with Gasteiger partial charge in [-0.05, 0) is 23.8 Å². The first-order chi connectivity index (χ1) is 8.19. The second-order valence-electron chi connectivity index (χ2n) is 3.52. The molecule has 0 spiro atoms. The van der Waals surface area contributed by atoms with Gasteiger partial charge >= 0.3 is 4.99 Å². The van der Waals surface area contributed by atoms with Gasteiger partial charge in [0.2, 0.25) is 0 Å². The summed E-state index contributed by atoms with van der Waals surface area (Å²) in [4.78, 5) is 10.5. The van der Waals surface area contributed by atoms with Crippen LogP contribution in [0.4, 0.5) is 0 Å². The number of nitro groups is 1. The van der Waals surface area contributed by atoms with Crippen molar-refractivity contribution in [2.45, 2.75) is 4.99 Å². The van der Waals surface area contributed by atoms with Crippen molar-refractivity contribution in [3.63, 3.8) is 0 Å². The van der Waals surface area contributed by atoms with E-state index in [0.717, 1.165) is 16.6 Å². The highest BCUT2D eigenvalue weighted by Crippen LogP contribution is 2.39. The van der Waals surface area contributed by atoms with Gasteiger partial charge in [0, 0.05) is 4.88 Å². The van der Waals surface area contributed by atoms with E-state index in [1.165, 1.54) is 0 Å². The molecule has 7 heteroatoms. The summed E-state index contributed by atoms with van der Waals surface area (Å²) in [5.41, 5.74) is 0. The first-order valence-electron chi connectivity index (χ1n) is 4.99. The Morgan fingerprint density at radius 3 is 3.18 bits per heavy atom. The van der Waals surface area contributed by atoms with Gasteiger partial charge in [0.1, 0.15) is 5.92 Å². The molecule has 0 radical (unpaired) electrons. The molecule has 5 nitrogen and oxygen atoms in total. The second kappa shape index (κ2) is 4.97. The quantitative estimate of drug-likeness (QED) is 0.479. The van der Waals surface area contributed by atoms with Gasteiger partial charge in [-0.25, -0.2) is 0 Å². The number of nitrogens with zero attached hydrogens (tertiary/aromatic N) is 3. The van der Waals surface area contributed by atoms with Gasteiger partial charge in [-0.1, -0.05) is 23.9 Å². The molecule has 1 aromatic heterocycles. The summed E-state index contributed by atoms with van der Waals surface area (Å²) in [7, 11) is 0. The van der Waals surface area contributed by atoms with Crippen molar-refractivity contribution in [2.24, 2.45) is 16.1 Å². The monoisotopic (exact) mass is 269 g/mol. The van der Waals surface area contributed by atoms with Crippen LogP contribution in [0.15, 0.2) is 33.8 Å². The van der Waals surface area contributed by atoms with E-state index in [4.69, 9.17) is 0 Å². The summed E-state index contributed by atoms with van der Waals surface area (Å²) >= 11 is 2.72. The van der Waals surface area contributed by atoms with Crippen LogP contribution in [0.1, 0.15) is 4.88 Å². The van der Waals surface area contributed by atoms with Crippen LogP contribution in [0.5, 0.6) is 0 Å². The number of azo groups is 1. The molecule has 0 fully saturated rings. The first-order valence-corrected chi connectivity index (χ1v) is 7.09. The van der Waals surface area contributed by atoms with Crippen molar-refractivity contribution in [1.29, 1.82) is 0 Å². The fourth-order valence-corrected chi connectivity index (χ4v) is 3.02. The zero-order valence-electron chi connectivity index (χ0n) is 9.15. The third-order valence-electron chi connectivity index (χ3n) is 2.57. The molecule has 0 saturated carbocycles. The van der Waals surface area contributed by atoms with E-state index in [1.807, 2.05) is 29.7 Å². The standard InChI is InChI=1S/C10H11N3O2S2/c1-16-10(13(14)15)8(7-11-12-10)4-5-9-3-2-6-17-9/h2-6,8H,7H2,1H3/b5-4+/t8-,10-/m0/s1. The third kappa shape index (κ3) is 2.25. The van der Waals surface area contributed by atoms with E-state index in [0.29, 0.717) is 6.54 Å². The van der Waals surface area contributed by atoms with E-state index in [1.54, 1.807) is 17.6 Å². The number of rotatable bonds is 4. The number of thiophene rings is 1. The largest absolute Gasteiger partial charge is 0.384 e. The zero-order valence-corrected chi connectivity index (χ0v) is 10.8. The maximum atomic E-state index is 11.1. The normalized spacial score (nSPS) is 27.9. The van der Waals surface area contributed by atoms with Crippen LogP contribution in [0.2, 0.25) is 0 Å². The fourth-order valence-electron chi connectivity index (χ4n) is 1.65. The molecule has 0 unspecified atom stereocenters. The molecule has 2 atom stereocenters. The number of thioether (sulfide) groups is 1. The average molecular weight is 269 g/mol. The molecule has 2 heterocycles. The van der Waals surface area contributed by atoms with Gasteiger partial charge in [-0.3, -0.25) is 10.1 Å². The Hall–Kier alpha value is -1.21. The molecule has 1 aromatic rings. The van der Waals surface area contributed by atoms with Crippen molar-refractivity contribution in [3.8, 4) is 0 Å². The van der Waals surface area contributed by atoms with Crippen LogP contribution in [0, 0.1) is 16.0 Å². The predicted octanol–water partition coefficient (Wildman–Crippen LogP) is 3.14. The molecule has 0 aromatic carbocycles. The molecule has 2 rings (SSSR count). The molecule has 1 aliphatic heterocycles. The average Bonchev–Trinajstić information content (AvgIpc) is 2.96. The van der Waals surface area contributed by atoms with E-state index >= 15 is 0 Å². The number of hydrogen-bond donors (Lipinski definition) is 0. The lowest BCUT2D eigenvalue weighted by Crippen LogP contribution is -2.37. The van der Waals surface area contributed by atoms with Crippen LogP contribution in [0.25, 0.3) is 6.08 Å². The molecular formula is C10H11N3O2S2. The lowest BCUT2D eigenvalue weighted by Gasteiger charge is -2.17. The Morgan fingerprint density at radius 2 is 2.59 bits per heavy atom. The SMILES string of the molecule is CS[C@]1([N+](=O)[O-])N=NC[C@@H]1/C=C/c1cccs1. The van der Waals surface area contributed by atoms with Crippen LogP contribution in [0.3, 0.4) is 0 Å². The van der Waals surface area contributed by atoms with Crippen molar-refractivity contribution >= 4 is 29.2 Å². The van der Waals surface area contributed by atoms with Crippen molar-refractivity contribution in [3.05, 3.63) is 38.6 Å². The Bertz CT molecular complexity index is 458. The molecule has 0 bridgehead atoms. The van der Waals surface area contributed by atoms with E-state index < -0.39 is 4.99 Å². The molecular weight excluding hydrogens is 258 g/mol. The third-order valence-corrected chi connectivity index (χ3v) is 4.55. The zero-order chi connectivity index (χ0) is 12.3. The van der Waals surface area contributed by atoms with E-state index in [-0.39, 0.29) is 10.8 Å². The minimum Gasteiger partial charge on any atom is -0.261 e. The topological polar surface area (TPSA) is 67.9 Å². The summed E-state index contributed by atoms with van der Waals surface area (Å²) < 4.78 is 0. The van der Waals surface area contributed by atoms with Gasteiger partial charge in [0.15, 0.2) is 0 Å². The van der Waals surface area contributed by atoms with Crippen molar-refractivity contribution in [2.75, 3.05) is 12.8 Å². The highest BCUT2D eigenvalue weighted by Gasteiger charge is 2.53. The molecule has 0 saturated heterocycles. The predicted molar refractivity (Wildman–Crippen MR) is 69.8 cm³/mol. The van der Waals surface area contributed by atoms with Gasteiger partial charge in [-0.2, -0.15) is 5.11 Å². The van der Waals surface area contributed by atoms with Crippen molar-refractivity contribution < 1.29 is 4.92 Å². The van der Waals surface area contributed by atoms with Gasteiger partial charge < -0.3 is 0 Å². The summed E-state index contributed by atoms with van der Waals surface area (Å²) in [6.07, 6.45) is 5.43. The molecule has 90 valence electrons. The fraction of sp³-hybridized carbons (Fsp3) is 0.400. The van der Waals surface area contributed by atoms with Crippen LogP contribution in [-0.4, -0.2) is 22.7 Å². The van der Waals surface area contributed by atoms with Crippen LogP contribution in [-0.2, 0) is 0 Å². The van der Waals surface area contributed by atoms with Gasteiger partial charge in [0.25, 0.3) is 0 Å². The summed E-state index contributed by atoms with van der Waals surface area (Å²) in [5, 5.41) is 20.7. The maximum absolute atomic E-state index is 11.1. The number of hydrogen-bond acceptors (Lipinski definition) is 6. The maximum Gasteiger partial charge on any atom is 0.384 e. The van der Waals surface area contributed by atoms with Gasteiger partial charge in [0.05, 0.1) is 11.5 Å². The minimum absolute atomic E-state index is 0.283. The summed E-state index contributed by atoms with van der Waals surface area (Å²) in [5.74, 6) is -0.283. The van der Waals surface area contributed by atoms with Crippen molar-refractivity contribution in [1.82, 2.24) is 0 Å². The molecule has 0 N–H and O–H groups in total. The van der Waals surface area contributed by atoms with E-state index in [9.17, 15) is 10.1 Å². The lowest BCUT2D eigenvalue weighted by molar-refractivity contribution is -0.541. The second-order valence-corrected chi connectivity index (χ2v) is 5.51. The Morgan fingerprint density at radius 1 is 1.76 bits per heavy atom. The molecule has 17 heavy (non-hydrogen) atoms. The summed E-state index contributed by atoms with van der Waals surface area (Å²) in [6, 6.07) is 3.92. The highest BCUT2D eigenvalue weighted by atomic mass is 32.2. The smallest absolute Gasteiger partial charge is 0.261 e. The highest BCUT2D eigenvalue weighted by molar-refractivity contribution is 7.99. The van der Waals surface area contributed by atoms with E-state index in [2.05, 4.69) is 10.2 Å².